The zero-order valence-corrected chi connectivity index (χ0v) is 31.9. The van der Waals surface area contributed by atoms with Gasteiger partial charge in [0, 0.05) is 33.9 Å². The van der Waals surface area contributed by atoms with Crippen LogP contribution in [0.5, 0.6) is 5.75 Å². The van der Waals surface area contributed by atoms with Gasteiger partial charge < -0.3 is 14.6 Å². The molecule has 9 rings (SSSR count). The molecule has 272 valence electrons. The van der Waals surface area contributed by atoms with Crippen LogP contribution in [0.4, 0.5) is 5.69 Å². The van der Waals surface area contributed by atoms with Crippen molar-refractivity contribution in [2.24, 2.45) is 4.99 Å². The van der Waals surface area contributed by atoms with Gasteiger partial charge in [0.1, 0.15) is 5.75 Å². The van der Waals surface area contributed by atoms with E-state index in [2.05, 4.69) is 167 Å². The normalized spacial score (nSPS) is 11.6. The Morgan fingerprint density at radius 2 is 1.20 bits per heavy atom. The molecule has 0 atom stereocenters. The van der Waals surface area contributed by atoms with Gasteiger partial charge in [-0.3, -0.25) is 0 Å². The third kappa shape index (κ3) is 7.21. The summed E-state index contributed by atoms with van der Waals surface area (Å²) in [4.78, 5) is 4.34. The Kier molecular flexibility index (Phi) is 10.5. The van der Waals surface area contributed by atoms with Crippen molar-refractivity contribution in [2.75, 3.05) is 12.4 Å². The van der Waals surface area contributed by atoms with Gasteiger partial charge in [0.2, 0.25) is 0 Å². The van der Waals surface area contributed by atoms with E-state index < -0.39 is 0 Å². The summed E-state index contributed by atoms with van der Waals surface area (Å²) in [6.45, 7) is 4.00. The van der Waals surface area contributed by atoms with E-state index in [1.165, 1.54) is 43.4 Å². The molecule has 0 aliphatic carbocycles. The molecular weight excluding hydrogens is 683 g/mol. The van der Waals surface area contributed by atoms with E-state index >= 15 is 0 Å². The van der Waals surface area contributed by atoms with Crippen LogP contribution in [0.25, 0.3) is 77.4 Å². The lowest BCUT2D eigenvalue weighted by molar-refractivity contribution is 0.416. The zero-order valence-electron chi connectivity index (χ0n) is 31.9. The van der Waals surface area contributed by atoms with E-state index in [0.29, 0.717) is 0 Å². The molecule has 0 radical (unpaired) electrons. The first-order valence-corrected chi connectivity index (χ1v) is 19.1. The van der Waals surface area contributed by atoms with Crippen molar-refractivity contribution >= 4 is 61.5 Å². The summed E-state index contributed by atoms with van der Waals surface area (Å²) in [6.07, 6.45) is 9.39. The molecule has 0 aliphatic rings. The standard InChI is InChI=1S/C50H37N3O.C2H6/c1-54-50-29-24-40(31-46(50)38-20-25-41(26-21-38)52-34-51-30-10-9-13-35-11-3-2-4-12-35)39-23-28-49-47(32-39)44-16-7-8-17-48(44)53(49)42-27-22-37-19-18-36-14-5-6-15-43(36)45(37)33-42;1-2/h2-34H,1H3,(H,51,52);1-2H3/b13-9-,30-10-;. The first-order valence-electron chi connectivity index (χ1n) is 19.1. The van der Waals surface area contributed by atoms with Gasteiger partial charge in [0.25, 0.3) is 0 Å². The molecule has 56 heavy (non-hydrogen) atoms. The fourth-order valence-corrected chi connectivity index (χ4v) is 7.40. The Labute approximate surface area is 328 Å². The van der Waals surface area contributed by atoms with Gasteiger partial charge in [0.15, 0.2) is 0 Å². The van der Waals surface area contributed by atoms with Crippen LogP contribution in [0.3, 0.4) is 0 Å². The van der Waals surface area contributed by atoms with E-state index in [4.69, 9.17) is 4.74 Å². The highest BCUT2D eigenvalue weighted by atomic mass is 16.5. The van der Waals surface area contributed by atoms with Crippen molar-refractivity contribution in [1.82, 2.24) is 4.57 Å². The molecule has 1 aromatic heterocycles. The molecule has 0 unspecified atom stereocenters. The Balaban J connectivity index is 0.00000217. The zero-order chi connectivity index (χ0) is 38.3. The number of rotatable bonds is 9. The number of para-hydroxylation sites is 1. The SMILES string of the molecule is CC.COc1ccc(-c2ccc3c(c2)c2ccccc2n3-c2ccc3ccc4ccccc4c3c2)cc1-c1ccc(NC=N/C=C\C=C/c2ccccc2)cc1. The van der Waals surface area contributed by atoms with Crippen molar-refractivity contribution in [1.29, 1.82) is 0 Å². The molecule has 1 N–H and O–H groups in total. The minimum Gasteiger partial charge on any atom is -0.496 e. The Morgan fingerprint density at radius 1 is 0.536 bits per heavy atom. The number of allylic oxidation sites excluding steroid dienone is 2. The number of benzene rings is 8. The largest absolute Gasteiger partial charge is 0.496 e. The quantitative estimate of drug-likeness (QED) is 0.0696. The maximum absolute atomic E-state index is 5.84. The highest BCUT2D eigenvalue weighted by Crippen LogP contribution is 2.39. The first-order chi connectivity index (χ1) is 27.7. The minimum atomic E-state index is 0.830. The molecule has 0 bridgehead atoms. The van der Waals surface area contributed by atoms with Gasteiger partial charge in [-0.2, -0.15) is 0 Å². The maximum atomic E-state index is 5.84. The summed E-state index contributed by atoms with van der Waals surface area (Å²) >= 11 is 0. The Bertz CT molecular complexity index is 2880. The topological polar surface area (TPSA) is 38.5 Å². The monoisotopic (exact) mass is 725 g/mol. The summed E-state index contributed by atoms with van der Waals surface area (Å²) in [5.41, 5.74) is 10.0. The van der Waals surface area contributed by atoms with Crippen LogP contribution in [-0.4, -0.2) is 18.0 Å². The van der Waals surface area contributed by atoms with E-state index in [-0.39, 0.29) is 0 Å². The summed E-state index contributed by atoms with van der Waals surface area (Å²) in [6, 6.07) is 60.4. The molecule has 4 nitrogen and oxygen atoms in total. The van der Waals surface area contributed by atoms with Crippen LogP contribution in [0, 0.1) is 0 Å². The van der Waals surface area contributed by atoms with E-state index in [1.807, 2.05) is 50.3 Å². The number of anilines is 1. The van der Waals surface area contributed by atoms with Crippen LogP contribution in [0.1, 0.15) is 19.4 Å². The predicted molar refractivity (Wildman–Crippen MR) is 241 cm³/mol. The molecule has 0 aliphatic heterocycles. The maximum Gasteiger partial charge on any atom is 0.126 e. The Morgan fingerprint density at radius 3 is 2.02 bits per heavy atom. The van der Waals surface area contributed by atoms with E-state index in [1.54, 1.807) is 19.6 Å². The van der Waals surface area contributed by atoms with Crippen LogP contribution in [-0.2, 0) is 0 Å². The molecule has 8 aromatic carbocycles. The average Bonchev–Trinajstić information content (AvgIpc) is 3.60. The lowest BCUT2D eigenvalue weighted by atomic mass is 9.97. The number of hydrogen-bond acceptors (Lipinski definition) is 2. The number of ether oxygens (including phenoxy) is 1. The number of hydrogen-bond donors (Lipinski definition) is 1. The summed E-state index contributed by atoms with van der Waals surface area (Å²) in [5.74, 6) is 0.830. The third-order valence-corrected chi connectivity index (χ3v) is 10.1. The van der Waals surface area contributed by atoms with Crippen molar-refractivity contribution in [3.63, 3.8) is 0 Å². The molecule has 0 saturated heterocycles. The summed E-state index contributed by atoms with van der Waals surface area (Å²) < 4.78 is 8.24. The van der Waals surface area contributed by atoms with Gasteiger partial charge in [-0.15, -0.1) is 0 Å². The lowest BCUT2D eigenvalue weighted by Crippen LogP contribution is -1.94. The molecule has 4 heteroatoms. The van der Waals surface area contributed by atoms with Gasteiger partial charge in [0.05, 0.1) is 24.5 Å². The highest BCUT2D eigenvalue weighted by molar-refractivity contribution is 6.12. The number of fused-ring (bicyclic) bond motifs is 6. The van der Waals surface area contributed by atoms with E-state index in [9.17, 15) is 0 Å². The minimum absolute atomic E-state index is 0.830. The first kappa shape index (κ1) is 35.8. The predicted octanol–water partition coefficient (Wildman–Crippen LogP) is 14.1. The second kappa shape index (κ2) is 16.5. The smallest absolute Gasteiger partial charge is 0.126 e. The Hall–Kier alpha value is -7.17. The molecule has 0 fully saturated rings. The third-order valence-electron chi connectivity index (χ3n) is 10.1. The van der Waals surface area contributed by atoms with Crippen LogP contribution >= 0.6 is 0 Å². The number of aromatic nitrogens is 1. The number of methoxy groups -OCH3 is 1. The van der Waals surface area contributed by atoms with Crippen LogP contribution < -0.4 is 10.1 Å². The number of nitrogens with zero attached hydrogens (tertiary/aromatic N) is 2. The second-order valence-corrected chi connectivity index (χ2v) is 13.3. The highest BCUT2D eigenvalue weighted by Gasteiger charge is 2.15. The number of nitrogens with one attached hydrogen (secondary N) is 1. The van der Waals surface area contributed by atoms with Crippen molar-refractivity contribution in [2.45, 2.75) is 13.8 Å². The molecule has 1 heterocycles. The molecule has 9 aromatic rings. The lowest BCUT2D eigenvalue weighted by Gasteiger charge is -2.13. The van der Waals surface area contributed by atoms with Gasteiger partial charge >= 0.3 is 0 Å². The van der Waals surface area contributed by atoms with Gasteiger partial charge in [-0.25, -0.2) is 4.99 Å². The van der Waals surface area contributed by atoms with Crippen LogP contribution in [0.15, 0.2) is 193 Å². The second-order valence-electron chi connectivity index (χ2n) is 13.3. The average molecular weight is 726 g/mol. The van der Waals surface area contributed by atoms with Crippen molar-refractivity contribution in [3.05, 3.63) is 194 Å². The summed E-state index contributed by atoms with van der Waals surface area (Å²) in [7, 11) is 1.73. The summed E-state index contributed by atoms with van der Waals surface area (Å²) in [5, 5.41) is 10.7. The molecule has 0 amide bonds. The van der Waals surface area contributed by atoms with Gasteiger partial charge in [-0.05, 0) is 104 Å². The fraction of sp³-hybridized carbons (Fsp3) is 0.0577. The molecule has 0 spiro atoms. The van der Waals surface area contributed by atoms with Crippen molar-refractivity contribution in [3.8, 4) is 33.7 Å². The van der Waals surface area contributed by atoms with Crippen molar-refractivity contribution < 1.29 is 4.74 Å². The van der Waals surface area contributed by atoms with Crippen LogP contribution in [0.2, 0.25) is 0 Å². The fourth-order valence-electron chi connectivity index (χ4n) is 7.40. The number of aliphatic imine (C=N–C) groups is 1. The van der Waals surface area contributed by atoms with Gasteiger partial charge in [-0.1, -0.05) is 141 Å². The molecule has 0 saturated carbocycles. The molecular formula is C52H43N3O. The van der Waals surface area contributed by atoms with E-state index in [0.717, 1.165) is 44.9 Å².